The predicted octanol–water partition coefficient (Wildman–Crippen LogP) is 0.353. The van der Waals surface area contributed by atoms with Crippen molar-refractivity contribution in [2.75, 3.05) is 6.61 Å². The molecular weight excluding hydrogens is 178 g/mol. The van der Waals surface area contributed by atoms with Crippen LogP contribution in [0.5, 0.6) is 0 Å². The summed E-state index contributed by atoms with van der Waals surface area (Å²) in [4.78, 5) is 0. The largest absolute Gasteiger partial charge is 0.396 e. The van der Waals surface area contributed by atoms with Gasteiger partial charge < -0.3 is 5.11 Å². The smallest absolute Gasteiger partial charge is 0.343 e. The van der Waals surface area contributed by atoms with Crippen LogP contribution in [0.2, 0.25) is 0 Å². The third-order valence-electron chi connectivity index (χ3n) is 1.15. The minimum atomic E-state index is -3.68. The fourth-order valence-electron chi connectivity index (χ4n) is 0.541. The number of hydrogen-bond donors (Lipinski definition) is 2. The number of aliphatic hydroxyl groups excluding tert-OH is 1. The Balaban J connectivity index is 3.73. The van der Waals surface area contributed by atoms with Crippen LogP contribution < -0.4 is 0 Å². The molecule has 0 radical (unpaired) electrons. The molecule has 0 amide bonds. The van der Waals surface area contributed by atoms with Gasteiger partial charge in [-0.1, -0.05) is 0 Å². The molecule has 0 aliphatic carbocycles. The van der Waals surface area contributed by atoms with Crippen molar-refractivity contribution in [1.82, 2.24) is 0 Å². The highest BCUT2D eigenvalue weighted by molar-refractivity contribution is 7.73. The molecule has 0 heterocycles. The van der Waals surface area contributed by atoms with Gasteiger partial charge in [-0.25, -0.2) is 8.42 Å². The minimum Gasteiger partial charge on any atom is -0.396 e. The molecule has 0 rings (SSSR count). The molecule has 0 unspecified atom stereocenters. The molecule has 0 aliphatic rings. The molecule has 68 valence electrons. The Hall–Kier alpha value is -0.230. The molecule has 0 bridgehead atoms. The maximum atomic E-state index is 12.2. The SMILES string of the molecule is O=[SH](=O)C(F)(F)CCCCO. The molecule has 11 heavy (non-hydrogen) atoms. The summed E-state index contributed by atoms with van der Waals surface area (Å²) in [6.07, 6.45) is -0.474. The molecule has 0 saturated heterocycles. The molecule has 0 atom stereocenters. The fraction of sp³-hybridized carbons (Fsp3) is 1.00. The Morgan fingerprint density at radius 3 is 2.18 bits per heavy atom. The molecule has 0 spiro atoms. The van der Waals surface area contributed by atoms with Gasteiger partial charge in [0.1, 0.15) is 0 Å². The Bertz CT molecular complexity index is 171. The lowest BCUT2D eigenvalue weighted by atomic mass is 10.2. The van der Waals surface area contributed by atoms with Gasteiger partial charge in [0.15, 0.2) is 0 Å². The van der Waals surface area contributed by atoms with Crippen molar-refractivity contribution < 1.29 is 22.3 Å². The standard InChI is InChI=1S/C5H10F2O3S/c6-5(7,11(9)10)3-1-2-4-8/h8,11H,1-4H2. The number of hydrogen-bond acceptors (Lipinski definition) is 3. The van der Waals surface area contributed by atoms with E-state index < -0.39 is 22.4 Å². The van der Waals surface area contributed by atoms with E-state index in [0.717, 1.165) is 0 Å². The summed E-state index contributed by atoms with van der Waals surface area (Å²) in [7, 11) is -3.68. The van der Waals surface area contributed by atoms with Crippen molar-refractivity contribution in [3.63, 3.8) is 0 Å². The van der Waals surface area contributed by atoms with E-state index in [1.807, 2.05) is 0 Å². The van der Waals surface area contributed by atoms with Gasteiger partial charge in [-0.15, -0.1) is 0 Å². The summed E-state index contributed by atoms with van der Waals surface area (Å²) in [6, 6.07) is 0. The Morgan fingerprint density at radius 2 is 1.82 bits per heavy atom. The lowest BCUT2D eigenvalue weighted by Crippen LogP contribution is -2.17. The maximum Gasteiger partial charge on any atom is 0.343 e. The summed E-state index contributed by atoms with van der Waals surface area (Å²) >= 11 is 0. The summed E-state index contributed by atoms with van der Waals surface area (Å²) in [5, 5.41) is 4.60. The first-order valence-corrected chi connectivity index (χ1v) is 4.31. The van der Waals surface area contributed by atoms with Crippen LogP contribution in [-0.2, 0) is 10.7 Å². The minimum absolute atomic E-state index is 0.0206. The predicted molar refractivity (Wildman–Crippen MR) is 36.2 cm³/mol. The van der Waals surface area contributed by atoms with E-state index in [2.05, 4.69) is 0 Å². The monoisotopic (exact) mass is 188 g/mol. The number of halogens is 2. The third-order valence-corrected chi connectivity index (χ3v) is 1.91. The quantitative estimate of drug-likeness (QED) is 0.483. The average Bonchev–Trinajstić information content (AvgIpc) is 1.88. The van der Waals surface area contributed by atoms with E-state index in [1.165, 1.54) is 0 Å². The molecular formula is C5H10F2O3S. The van der Waals surface area contributed by atoms with E-state index in [4.69, 9.17) is 5.11 Å². The molecule has 0 aromatic carbocycles. The second-order valence-corrected chi connectivity index (χ2v) is 3.27. The van der Waals surface area contributed by atoms with Crippen LogP contribution in [-0.4, -0.2) is 25.4 Å². The third kappa shape index (κ3) is 4.26. The maximum absolute atomic E-state index is 12.2. The van der Waals surface area contributed by atoms with E-state index >= 15 is 0 Å². The number of rotatable bonds is 5. The van der Waals surface area contributed by atoms with Crippen LogP contribution in [0, 0.1) is 0 Å². The summed E-state index contributed by atoms with van der Waals surface area (Å²) in [5.41, 5.74) is 0. The van der Waals surface area contributed by atoms with E-state index in [9.17, 15) is 17.2 Å². The van der Waals surface area contributed by atoms with Gasteiger partial charge in [-0.2, -0.15) is 8.78 Å². The van der Waals surface area contributed by atoms with E-state index in [0.29, 0.717) is 0 Å². The van der Waals surface area contributed by atoms with Crippen LogP contribution in [0.3, 0.4) is 0 Å². The van der Waals surface area contributed by atoms with Gasteiger partial charge in [-0.3, -0.25) is 0 Å². The summed E-state index contributed by atoms with van der Waals surface area (Å²) < 4.78 is 44.1. The number of unbranched alkanes of at least 4 members (excludes halogenated alkanes) is 1. The first kappa shape index (κ1) is 10.8. The van der Waals surface area contributed by atoms with Crippen LogP contribution in [0.25, 0.3) is 0 Å². The van der Waals surface area contributed by atoms with Crippen LogP contribution in [0.15, 0.2) is 0 Å². The Morgan fingerprint density at radius 1 is 1.27 bits per heavy atom. The molecule has 0 aliphatic heterocycles. The first-order valence-electron chi connectivity index (χ1n) is 3.14. The first-order chi connectivity index (χ1) is 5.00. The second kappa shape index (κ2) is 4.61. The lowest BCUT2D eigenvalue weighted by Gasteiger charge is -2.06. The molecule has 0 fully saturated rings. The van der Waals surface area contributed by atoms with Gasteiger partial charge in [0.25, 0.3) is 0 Å². The van der Waals surface area contributed by atoms with Crippen LogP contribution >= 0.6 is 0 Å². The van der Waals surface area contributed by atoms with E-state index in [-0.39, 0.29) is 19.4 Å². The number of alkyl halides is 2. The molecule has 6 heteroatoms. The van der Waals surface area contributed by atoms with Crippen molar-refractivity contribution in [1.29, 1.82) is 0 Å². The zero-order chi connectivity index (χ0) is 8.91. The highest BCUT2D eigenvalue weighted by Crippen LogP contribution is 2.21. The van der Waals surface area contributed by atoms with Crippen molar-refractivity contribution >= 4 is 10.7 Å². The van der Waals surface area contributed by atoms with Crippen LogP contribution in [0.1, 0.15) is 19.3 Å². The van der Waals surface area contributed by atoms with Gasteiger partial charge >= 0.3 is 5.25 Å². The second-order valence-electron chi connectivity index (χ2n) is 2.10. The molecule has 0 aromatic rings. The average molecular weight is 188 g/mol. The van der Waals surface area contributed by atoms with Crippen molar-refractivity contribution in [3.05, 3.63) is 0 Å². The summed E-state index contributed by atoms with van der Waals surface area (Å²) in [6.45, 7) is -0.189. The van der Waals surface area contributed by atoms with Crippen LogP contribution in [0.4, 0.5) is 8.78 Å². The molecule has 0 saturated carbocycles. The van der Waals surface area contributed by atoms with E-state index in [1.54, 1.807) is 0 Å². The highest BCUT2D eigenvalue weighted by atomic mass is 32.2. The van der Waals surface area contributed by atoms with Crippen molar-refractivity contribution in [2.24, 2.45) is 0 Å². The summed E-state index contributed by atoms with van der Waals surface area (Å²) in [5.74, 6) is 0. The van der Waals surface area contributed by atoms with Crippen molar-refractivity contribution in [2.45, 2.75) is 24.5 Å². The topological polar surface area (TPSA) is 54.4 Å². The normalized spacial score (nSPS) is 12.4. The highest BCUT2D eigenvalue weighted by Gasteiger charge is 2.31. The molecule has 3 nitrogen and oxygen atoms in total. The van der Waals surface area contributed by atoms with Gasteiger partial charge in [0, 0.05) is 13.0 Å². The zero-order valence-corrected chi connectivity index (χ0v) is 6.69. The number of aliphatic hydroxyl groups is 1. The Kier molecular flexibility index (Phi) is 4.51. The Labute approximate surface area is 65.0 Å². The fourth-order valence-corrected chi connectivity index (χ4v) is 0.881. The lowest BCUT2D eigenvalue weighted by molar-refractivity contribution is 0.0815. The zero-order valence-electron chi connectivity index (χ0n) is 5.80. The van der Waals surface area contributed by atoms with Gasteiger partial charge in [-0.05, 0) is 12.8 Å². The van der Waals surface area contributed by atoms with Gasteiger partial charge in [0.2, 0.25) is 10.7 Å². The van der Waals surface area contributed by atoms with Gasteiger partial charge in [0.05, 0.1) is 0 Å². The van der Waals surface area contributed by atoms with Crippen molar-refractivity contribution in [3.8, 4) is 0 Å². The molecule has 0 aromatic heterocycles. The molecule has 1 N–H and O–H groups in total. The number of thiol groups is 1.